The normalized spacial score (nSPS) is 16.9. The summed E-state index contributed by atoms with van der Waals surface area (Å²) in [7, 11) is 0. The lowest BCUT2D eigenvalue weighted by Gasteiger charge is -2.35. The van der Waals surface area contributed by atoms with Crippen LogP contribution in [0, 0.1) is 17.8 Å². The van der Waals surface area contributed by atoms with Crippen molar-refractivity contribution in [3.05, 3.63) is 28.8 Å². The molecule has 0 radical (unpaired) electrons. The van der Waals surface area contributed by atoms with Crippen molar-refractivity contribution in [2.45, 2.75) is 52.2 Å². The summed E-state index contributed by atoms with van der Waals surface area (Å²) in [4.78, 5) is 40.0. The maximum Gasteiger partial charge on any atom is 0.410 e. The molecule has 1 heterocycles. The molecule has 0 bridgehead atoms. The van der Waals surface area contributed by atoms with E-state index >= 15 is 0 Å². The van der Waals surface area contributed by atoms with E-state index in [2.05, 4.69) is 22.5 Å². The predicted molar refractivity (Wildman–Crippen MR) is 127 cm³/mol. The van der Waals surface area contributed by atoms with E-state index in [1.54, 1.807) is 34.9 Å². The van der Waals surface area contributed by atoms with Crippen molar-refractivity contribution in [1.29, 1.82) is 0 Å². The molecule has 33 heavy (non-hydrogen) atoms. The average molecular weight is 475 g/mol. The van der Waals surface area contributed by atoms with Gasteiger partial charge in [-0.1, -0.05) is 23.4 Å². The number of nitrogens with zero attached hydrogens (tertiary/aromatic N) is 2. The van der Waals surface area contributed by atoms with Gasteiger partial charge >= 0.3 is 12.1 Å². The zero-order valence-electron chi connectivity index (χ0n) is 19.5. The van der Waals surface area contributed by atoms with Crippen molar-refractivity contribution >= 4 is 35.3 Å². The van der Waals surface area contributed by atoms with Gasteiger partial charge in [-0.2, -0.15) is 0 Å². The summed E-state index contributed by atoms with van der Waals surface area (Å²) >= 11 is 6.19. The maximum absolute atomic E-state index is 12.6. The van der Waals surface area contributed by atoms with Crippen LogP contribution >= 0.6 is 11.6 Å². The summed E-state index contributed by atoms with van der Waals surface area (Å²) < 4.78 is 5.38. The summed E-state index contributed by atoms with van der Waals surface area (Å²) in [5.74, 6) is 6.09. The molecule has 2 fully saturated rings. The number of amides is 4. The van der Waals surface area contributed by atoms with Crippen LogP contribution in [0.5, 0.6) is 0 Å². The van der Waals surface area contributed by atoms with Crippen molar-refractivity contribution in [1.82, 2.24) is 15.1 Å². The fourth-order valence-corrected chi connectivity index (χ4v) is 3.37. The monoisotopic (exact) mass is 474 g/mol. The standard InChI is InChI=1S/C24H31ClN4O4/c1-16(5-6-17-7-10-19(25)20(15-17)27-21(30)18-8-9-18)26-22(31)28-11-13-29(14-12-28)23(32)33-24(2,3)4/h7,10,15-16,18H,8-9,11-14H2,1-4H3,(H,26,31)(H,27,30). The highest BCUT2D eigenvalue weighted by molar-refractivity contribution is 6.33. The van der Waals surface area contributed by atoms with Crippen LogP contribution in [0.2, 0.25) is 5.02 Å². The van der Waals surface area contributed by atoms with E-state index in [0.29, 0.717) is 42.5 Å². The third-order valence-electron chi connectivity index (χ3n) is 5.16. The molecule has 1 aromatic rings. The first-order valence-electron chi connectivity index (χ1n) is 11.2. The van der Waals surface area contributed by atoms with Gasteiger partial charge in [0, 0.05) is 37.7 Å². The minimum Gasteiger partial charge on any atom is -0.444 e. The Bertz CT molecular complexity index is 967. The number of carbonyl (C=O) groups is 3. The minimum absolute atomic E-state index is 0.0191. The highest BCUT2D eigenvalue weighted by Crippen LogP contribution is 2.31. The van der Waals surface area contributed by atoms with E-state index in [-0.39, 0.29) is 30.0 Å². The lowest BCUT2D eigenvalue weighted by atomic mass is 10.2. The predicted octanol–water partition coefficient (Wildman–Crippen LogP) is 3.69. The lowest BCUT2D eigenvalue weighted by Crippen LogP contribution is -2.54. The smallest absolute Gasteiger partial charge is 0.410 e. The highest BCUT2D eigenvalue weighted by atomic mass is 35.5. The fourth-order valence-electron chi connectivity index (χ4n) is 3.20. The Kier molecular flexibility index (Phi) is 7.75. The molecule has 1 aliphatic carbocycles. The summed E-state index contributed by atoms with van der Waals surface area (Å²) in [6, 6.07) is 4.59. The number of hydrogen-bond acceptors (Lipinski definition) is 4. The molecule has 1 saturated heterocycles. The van der Waals surface area contributed by atoms with Crippen molar-refractivity contribution in [2.75, 3.05) is 31.5 Å². The number of urea groups is 1. The molecule has 1 unspecified atom stereocenters. The molecule has 0 spiro atoms. The zero-order chi connectivity index (χ0) is 24.2. The topological polar surface area (TPSA) is 91.0 Å². The number of hydrogen-bond donors (Lipinski definition) is 2. The van der Waals surface area contributed by atoms with Crippen molar-refractivity contribution in [2.24, 2.45) is 5.92 Å². The molecule has 9 heteroatoms. The SMILES string of the molecule is CC(C#Cc1ccc(Cl)c(NC(=O)C2CC2)c1)NC(=O)N1CCN(C(=O)OC(C)(C)C)CC1. The van der Waals surface area contributed by atoms with Gasteiger partial charge < -0.3 is 25.2 Å². The number of rotatable bonds is 3. The van der Waals surface area contributed by atoms with Crippen LogP contribution in [0.1, 0.15) is 46.1 Å². The summed E-state index contributed by atoms with van der Waals surface area (Å²) in [6.07, 6.45) is 1.46. The number of benzene rings is 1. The largest absolute Gasteiger partial charge is 0.444 e. The van der Waals surface area contributed by atoms with Crippen molar-refractivity contribution in [3.8, 4) is 11.8 Å². The van der Waals surface area contributed by atoms with Gasteiger partial charge in [-0.15, -0.1) is 0 Å². The second-order valence-corrected chi connectivity index (χ2v) is 9.76. The van der Waals surface area contributed by atoms with Crippen molar-refractivity contribution < 1.29 is 19.1 Å². The Labute approximate surface area is 200 Å². The summed E-state index contributed by atoms with van der Waals surface area (Å²) in [5, 5.41) is 6.17. The molecule has 1 saturated carbocycles. The van der Waals surface area contributed by atoms with Crippen LogP contribution in [0.15, 0.2) is 18.2 Å². The molecule has 3 rings (SSSR count). The Morgan fingerprint density at radius 1 is 1.12 bits per heavy atom. The summed E-state index contributed by atoms with van der Waals surface area (Å²) in [6.45, 7) is 8.96. The molecule has 2 aliphatic rings. The van der Waals surface area contributed by atoms with Gasteiger partial charge in [0.05, 0.1) is 16.8 Å². The number of carbonyl (C=O) groups excluding carboxylic acids is 3. The van der Waals surface area contributed by atoms with Gasteiger partial charge in [-0.3, -0.25) is 4.79 Å². The molecule has 1 atom stereocenters. The molecular formula is C24H31ClN4O4. The quantitative estimate of drug-likeness (QED) is 0.653. The minimum atomic E-state index is -0.548. The van der Waals surface area contributed by atoms with E-state index in [4.69, 9.17) is 16.3 Å². The molecule has 1 aromatic carbocycles. The van der Waals surface area contributed by atoms with E-state index in [0.717, 1.165) is 12.8 Å². The first kappa shape index (κ1) is 24.7. The van der Waals surface area contributed by atoms with Gasteiger partial charge in [-0.05, 0) is 58.7 Å². The van der Waals surface area contributed by atoms with E-state index in [1.165, 1.54) is 0 Å². The van der Waals surface area contributed by atoms with Gasteiger partial charge in [0.2, 0.25) is 5.91 Å². The van der Waals surface area contributed by atoms with E-state index < -0.39 is 5.60 Å². The Balaban J connectivity index is 1.49. The zero-order valence-corrected chi connectivity index (χ0v) is 20.3. The molecule has 0 aromatic heterocycles. The second kappa shape index (κ2) is 10.3. The maximum atomic E-state index is 12.6. The van der Waals surface area contributed by atoms with Gasteiger partial charge in [0.15, 0.2) is 0 Å². The van der Waals surface area contributed by atoms with Crippen molar-refractivity contribution in [3.63, 3.8) is 0 Å². The Hall–Kier alpha value is -2.92. The molecule has 1 aliphatic heterocycles. The van der Waals surface area contributed by atoms with E-state index in [9.17, 15) is 14.4 Å². The van der Waals surface area contributed by atoms with Crippen LogP contribution < -0.4 is 10.6 Å². The van der Waals surface area contributed by atoms with E-state index in [1.807, 2.05) is 20.8 Å². The first-order valence-corrected chi connectivity index (χ1v) is 11.5. The average Bonchev–Trinajstić information content (AvgIpc) is 3.58. The van der Waals surface area contributed by atoms with Crippen LogP contribution in [0.25, 0.3) is 0 Å². The molecule has 4 amide bonds. The number of piperazine rings is 1. The highest BCUT2D eigenvalue weighted by Gasteiger charge is 2.30. The molecule has 2 N–H and O–H groups in total. The Morgan fingerprint density at radius 3 is 2.36 bits per heavy atom. The second-order valence-electron chi connectivity index (χ2n) is 9.35. The number of nitrogens with one attached hydrogen (secondary N) is 2. The Morgan fingerprint density at radius 2 is 1.76 bits per heavy atom. The van der Waals surface area contributed by atoms with Crippen LogP contribution in [-0.4, -0.2) is 65.7 Å². The van der Waals surface area contributed by atoms with Gasteiger partial charge in [-0.25, -0.2) is 9.59 Å². The van der Waals surface area contributed by atoms with Crippen LogP contribution in [0.3, 0.4) is 0 Å². The third-order valence-corrected chi connectivity index (χ3v) is 5.49. The molecular weight excluding hydrogens is 444 g/mol. The number of halogens is 1. The van der Waals surface area contributed by atoms with Crippen LogP contribution in [0.4, 0.5) is 15.3 Å². The van der Waals surface area contributed by atoms with Crippen LogP contribution in [-0.2, 0) is 9.53 Å². The van der Waals surface area contributed by atoms with Gasteiger partial charge in [0.1, 0.15) is 5.60 Å². The first-order chi connectivity index (χ1) is 15.5. The summed E-state index contributed by atoms with van der Waals surface area (Å²) in [5.41, 5.74) is 0.686. The molecule has 8 nitrogen and oxygen atoms in total. The number of anilines is 1. The third kappa shape index (κ3) is 7.57. The number of ether oxygens (including phenoxy) is 1. The van der Waals surface area contributed by atoms with Gasteiger partial charge in [0.25, 0.3) is 0 Å². The lowest BCUT2D eigenvalue weighted by molar-refractivity contribution is -0.117. The molecule has 178 valence electrons. The fraction of sp³-hybridized carbons (Fsp3) is 0.542.